The predicted molar refractivity (Wildman–Crippen MR) is 85.3 cm³/mol. The fourth-order valence-electron chi connectivity index (χ4n) is 3.95. The van der Waals surface area contributed by atoms with Crippen molar-refractivity contribution in [3.8, 4) is 11.5 Å². The number of rotatable bonds is 3. The van der Waals surface area contributed by atoms with Crippen molar-refractivity contribution in [2.75, 3.05) is 13.1 Å². The van der Waals surface area contributed by atoms with Gasteiger partial charge in [-0.05, 0) is 19.8 Å². The number of alkyl halides is 2. The third-order valence-corrected chi connectivity index (χ3v) is 6.50. The van der Waals surface area contributed by atoms with Gasteiger partial charge in [0.15, 0.2) is 5.82 Å². The van der Waals surface area contributed by atoms with E-state index in [0.717, 1.165) is 4.31 Å². The molecule has 0 radical (unpaired) electrons. The first-order chi connectivity index (χ1) is 12.1. The molecule has 0 unspecified atom stereocenters. The molecule has 1 spiro atoms. The van der Waals surface area contributed by atoms with Crippen molar-refractivity contribution in [2.24, 2.45) is 17.6 Å². The average Bonchev–Trinajstić information content (AvgIpc) is 2.94. The maximum Gasteiger partial charge on any atom is 0.276 e. The molecule has 1 saturated carbocycles. The summed E-state index contributed by atoms with van der Waals surface area (Å²) in [7, 11) is -2.14. The summed E-state index contributed by atoms with van der Waals surface area (Å²) >= 11 is 0. The predicted octanol–water partition coefficient (Wildman–Crippen LogP) is 0.797. The zero-order valence-electron chi connectivity index (χ0n) is 14.2. The Balaban J connectivity index is 1.59. The van der Waals surface area contributed by atoms with Crippen molar-refractivity contribution in [3.63, 3.8) is 0 Å². The van der Waals surface area contributed by atoms with E-state index in [9.17, 15) is 17.2 Å². The van der Waals surface area contributed by atoms with Crippen molar-refractivity contribution in [3.05, 3.63) is 17.7 Å². The molecular weight excluding hydrogens is 370 g/mol. The quantitative estimate of drug-likeness (QED) is 0.830. The first kappa shape index (κ1) is 17.5. The number of aryl methyl sites for hydroxylation is 2. The topological polar surface area (TPSA) is 120 Å². The number of piperidine rings is 1. The molecule has 142 valence electrons. The van der Waals surface area contributed by atoms with Gasteiger partial charge in [-0.1, -0.05) is 5.16 Å². The third kappa shape index (κ3) is 2.39. The van der Waals surface area contributed by atoms with Crippen molar-refractivity contribution >= 4 is 10.2 Å². The molecule has 9 nitrogen and oxygen atoms in total. The highest BCUT2D eigenvalue weighted by atomic mass is 32.2. The summed E-state index contributed by atoms with van der Waals surface area (Å²) in [6, 6.07) is 0. The fraction of sp³-hybridized carbons (Fsp3) is 0.643. The smallest absolute Gasteiger partial charge is 0.276 e. The Bertz CT molecular complexity index is 961. The second-order valence-corrected chi connectivity index (χ2v) is 8.46. The number of hydrogen-bond donors (Lipinski definition) is 1. The van der Waals surface area contributed by atoms with Crippen LogP contribution in [0.25, 0.3) is 11.5 Å². The van der Waals surface area contributed by atoms with Crippen LogP contribution in [0.2, 0.25) is 0 Å². The second-order valence-electron chi connectivity index (χ2n) is 6.92. The van der Waals surface area contributed by atoms with Crippen molar-refractivity contribution in [1.82, 2.24) is 24.2 Å². The lowest BCUT2D eigenvalue weighted by Gasteiger charge is -2.30. The second kappa shape index (κ2) is 5.30. The van der Waals surface area contributed by atoms with Gasteiger partial charge in [0.2, 0.25) is 0 Å². The van der Waals surface area contributed by atoms with Crippen LogP contribution in [0.1, 0.15) is 30.3 Å². The standard InChI is InChI=1S/C14H18F2N6O3S/c1-8-9(7-21(2)19-8)12-18-11(20-25-12)10-13(14(10,15)16)3-5-22(6-4-13)26(17,23)24/h7,10H,3-6H2,1-2H3,(H2,17,23,24)/t10-/m0/s1. The minimum Gasteiger partial charge on any atom is -0.334 e. The molecule has 26 heavy (non-hydrogen) atoms. The minimum atomic E-state index is -3.87. The summed E-state index contributed by atoms with van der Waals surface area (Å²) < 4.78 is 59.8. The molecule has 2 aromatic rings. The van der Waals surface area contributed by atoms with Gasteiger partial charge in [-0.3, -0.25) is 4.68 Å². The lowest BCUT2D eigenvalue weighted by Crippen LogP contribution is -2.43. The number of nitrogens with two attached hydrogens (primary N) is 1. The van der Waals surface area contributed by atoms with E-state index in [1.54, 1.807) is 24.9 Å². The van der Waals surface area contributed by atoms with Gasteiger partial charge in [0, 0.05) is 26.3 Å². The third-order valence-electron chi connectivity index (χ3n) is 5.41. The zero-order valence-corrected chi connectivity index (χ0v) is 15.0. The molecule has 0 amide bonds. The first-order valence-electron chi connectivity index (χ1n) is 8.06. The number of aromatic nitrogens is 4. The molecule has 1 saturated heterocycles. The van der Waals surface area contributed by atoms with Gasteiger partial charge in [-0.2, -0.15) is 22.8 Å². The van der Waals surface area contributed by atoms with Crippen molar-refractivity contribution in [2.45, 2.75) is 31.6 Å². The summed E-state index contributed by atoms with van der Waals surface area (Å²) in [4.78, 5) is 4.16. The van der Waals surface area contributed by atoms with Gasteiger partial charge in [-0.15, -0.1) is 0 Å². The number of hydrogen-bond acceptors (Lipinski definition) is 6. The van der Waals surface area contributed by atoms with E-state index in [2.05, 4.69) is 15.2 Å². The van der Waals surface area contributed by atoms with Gasteiger partial charge in [0.25, 0.3) is 22.0 Å². The van der Waals surface area contributed by atoms with Crippen LogP contribution in [0.15, 0.2) is 10.7 Å². The van der Waals surface area contributed by atoms with Crippen molar-refractivity contribution in [1.29, 1.82) is 0 Å². The highest BCUT2D eigenvalue weighted by Crippen LogP contribution is 2.75. The van der Waals surface area contributed by atoms with E-state index in [-0.39, 0.29) is 37.6 Å². The summed E-state index contributed by atoms with van der Waals surface area (Å²) in [6.07, 6.45) is 1.67. The molecule has 2 aliphatic rings. The van der Waals surface area contributed by atoms with Gasteiger partial charge >= 0.3 is 0 Å². The van der Waals surface area contributed by atoms with E-state index < -0.39 is 27.5 Å². The molecule has 12 heteroatoms. The largest absolute Gasteiger partial charge is 0.334 e. The Kier molecular flexibility index (Phi) is 3.57. The molecule has 1 aliphatic heterocycles. The molecule has 1 atom stereocenters. The van der Waals surface area contributed by atoms with Crippen LogP contribution in [0.4, 0.5) is 8.78 Å². The Morgan fingerprint density at radius 3 is 2.54 bits per heavy atom. The van der Waals surface area contributed by atoms with Gasteiger partial charge in [0.1, 0.15) is 0 Å². The van der Waals surface area contributed by atoms with E-state index in [1.165, 1.54) is 0 Å². The minimum absolute atomic E-state index is 0.00309. The number of halogens is 2. The van der Waals surface area contributed by atoms with E-state index in [4.69, 9.17) is 9.66 Å². The molecular formula is C14H18F2N6O3S. The highest BCUT2D eigenvalue weighted by Gasteiger charge is 2.82. The monoisotopic (exact) mass is 388 g/mol. The SMILES string of the molecule is Cc1nn(C)cc1-c1nc([C@@H]2C(F)(F)C23CCN(S(N)(=O)=O)CC3)no1. The normalized spacial score (nSPS) is 24.9. The Hall–Kier alpha value is -1.92. The molecule has 2 fully saturated rings. The van der Waals surface area contributed by atoms with Crippen LogP contribution in [-0.2, 0) is 17.3 Å². The van der Waals surface area contributed by atoms with Crippen LogP contribution in [0, 0.1) is 12.3 Å². The Labute approximate surface area is 148 Å². The maximum atomic E-state index is 14.6. The van der Waals surface area contributed by atoms with E-state index in [0.29, 0.717) is 11.3 Å². The van der Waals surface area contributed by atoms with Crippen LogP contribution < -0.4 is 5.14 Å². The molecule has 2 aromatic heterocycles. The van der Waals surface area contributed by atoms with Crippen LogP contribution in [0.5, 0.6) is 0 Å². The van der Waals surface area contributed by atoms with Crippen LogP contribution in [0.3, 0.4) is 0 Å². The lowest BCUT2D eigenvalue weighted by atomic mass is 9.91. The summed E-state index contributed by atoms with van der Waals surface area (Å²) in [5.41, 5.74) is -0.103. The van der Waals surface area contributed by atoms with E-state index >= 15 is 0 Å². The zero-order chi connectivity index (χ0) is 18.9. The molecule has 2 N–H and O–H groups in total. The van der Waals surface area contributed by atoms with Gasteiger partial charge in [-0.25, -0.2) is 13.9 Å². The summed E-state index contributed by atoms with van der Waals surface area (Å²) in [5.74, 6) is -4.11. The molecule has 0 bridgehead atoms. The summed E-state index contributed by atoms with van der Waals surface area (Å²) in [5, 5.41) is 13.0. The molecule has 3 heterocycles. The fourth-order valence-corrected chi connectivity index (χ4v) is 4.64. The van der Waals surface area contributed by atoms with E-state index in [1.807, 2.05) is 0 Å². The van der Waals surface area contributed by atoms with Crippen molar-refractivity contribution < 1.29 is 21.7 Å². The maximum absolute atomic E-state index is 14.6. The first-order valence-corrected chi connectivity index (χ1v) is 9.56. The Morgan fingerprint density at radius 2 is 2.00 bits per heavy atom. The summed E-state index contributed by atoms with van der Waals surface area (Å²) in [6.45, 7) is 1.67. The number of nitrogens with zero attached hydrogens (tertiary/aromatic N) is 5. The molecule has 0 aromatic carbocycles. The lowest BCUT2D eigenvalue weighted by molar-refractivity contribution is 0.0411. The van der Waals surface area contributed by atoms with Gasteiger partial charge < -0.3 is 4.52 Å². The van der Waals surface area contributed by atoms with Crippen LogP contribution in [-0.4, -0.2) is 51.7 Å². The Morgan fingerprint density at radius 1 is 1.35 bits per heavy atom. The molecule has 1 aliphatic carbocycles. The van der Waals surface area contributed by atoms with Gasteiger partial charge in [0.05, 0.1) is 22.6 Å². The van der Waals surface area contributed by atoms with Crippen LogP contribution >= 0.6 is 0 Å². The molecule has 4 rings (SSSR count). The highest BCUT2D eigenvalue weighted by molar-refractivity contribution is 7.86. The average molecular weight is 388 g/mol.